The van der Waals surface area contributed by atoms with Crippen LogP contribution in [0.2, 0.25) is 0 Å². The molecule has 0 aliphatic heterocycles. The molecule has 0 fully saturated rings. The molecule has 0 saturated heterocycles. The lowest BCUT2D eigenvalue weighted by atomic mass is 10.1. The molecule has 0 aliphatic rings. The highest BCUT2D eigenvalue weighted by molar-refractivity contribution is 7.87. The zero-order chi connectivity index (χ0) is 20.2. The number of ether oxygens (including phenoxy) is 1. The summed E-state index contributed by atoms with van der Waals surface area (Å²) in [4.78, 5) is 4.14. The molecule has 2 aromatic rings. The zero-order valence-electron chi connectivity index (χ0n) is 15.3. The Morgan fingerprint density at radius 2 is 1.85 bits per heavy atom. The van der Waals surface area contributed by atoms with Crippen LogP contribution in [0, 0.1) is 11.6 Å². The molecule has 1 N–H and O–H groups in total. The Bertz CT molecular complexity index is 877. The number of hydrogen-bond acceptors (Lipinski definition) is 6. The maximum atomic E-state index is 13.3. The maximum absolute atomic E-state index is 13.3. The highest BCUT2D eigenvalue weighted by Gasteiger charge is 2.30. The van der Waals surface area contributed by atoms with E-state index < -0.39 is 27.5 Å². The van der Waals surface area contributed by atoms with Crippen LogP contribution in [0.3, 0.4) is 0 Å². The second-order valence-corrected chi connectivity index (χ2v) is 7.50. The lowest BCUT2D eigenvalue weighted by Gasteiger charge is -2.13. The second kappa shape index (κ2) is 8.77. The fourth-order valence-electron chi connectivity index (χ4n) is 2.67. The van der Waals surface area contributed by atoms with E-state index >= 15 is 0 Å². The van der Waals surface area contributed by atoms with Crippen molar-refractivity contribution in [2.45, 2.75) is 44.9 Å². The molecule has 0 aliphatic carbocycles. The standard InChI is InChI=1S/C17H22F2N2O5S/c1-4-21-15(10-25-6-5-22)20-17(16(21)11(2)3)27(23,24)26-14-8-12(18)7-13(19)9-14/h7-9,11,22H,4-6,10H2,1-3H3. The maximum Gasteiger partial charge on any atom is 0.358 e. The van der Waals surface area contributed by atoms with Crippen LogP contribution >= 0.6 is 0 Å². The lowest BCUT2D eigenvalue weighted by Crippen LogP contribution is -2.15. The summed E-state index contributed by atoms with van der Waals surface area (Å²) in [5, 5.41) is 8.50. The molecule has 1 aromatic heterocycles. The summed E-state index contributed by atoms with van der Waals surface area (Å²) in [5.74, 6) is -2.27. The van der Waals surface area contributed by atoms with Crippen LogP contribution in [0.25, 0.3) is 0 Å². The van der Waals surface area contributed by atoms with E-state index in [4.69, 9.17) is 14.0 Å². The van der Waals surface area contributed by atoms with Crippen molar-refractivity contribution in [3.8, 4) is 5.75 Å². The molecule has 150 valence electrons. The fraction of sp³-hybridized carbons (Fsp3) is 0.471. The van der Waals surface area contributed by atoms with Crippen LogP contribution in [-0.2, 0) is 28.0 Å². The summed E-state index contributed by atoms with van der Waals surface area (Å²) in [6.07, 6.45) is 0. The van der Waals surface area contributed by atoms with Crippen molar-refractivity contribution in [1.29, 1.82) is 0 Å². The van der Waals surface area contributed by atoms with Crippen LogP contribution in [-0.4, -0.2) is 36.3 Å². The summed E-state index contributed by atoms with van der Waals surface area (Å²) < 4.78 is 64.0. The molecule has 0 bridgehead atoms. The average molecular weight is 404 g/mol. The molecule has 0 spiro atoms. The summed E-state index contributed by atoms with van der Waals surface area (Å²) in [6, 6.07) is 2.16. The van der Waals surface area contributed by atoms with Gasteiger partial charge in [0.15, 0.2) is 0 Å². The first-order chi connectivity index (χ1) is 12.7. The molecule has 27 heavy (non-hydrogen) atoms. The first-order valence-corrected chi connectivity index (χ1v) is 9.78. The van der Waals surface area contributed by atoms with E-state index in [1.807, 2.05) is 6.92 Å². The van der Waals surface area contributed by atoms with E-state index in [0.717, 1.165) is 12.1 Å². The molecule has 10 heteroatoms. The number of benzene rings is 1. The quantitative estimate of drug-likeness (QED) is 0.510. The highest BCUT2D eigenvalue weighted by Crippen LogP contribution is 2.28. The highest BCUT2D eigenvalue weighted by atomic mass is 32.2. The zero-order valence-corrected chi connectivity index (χ0v) is 16.1. The molecule has 7 nitrogen and oxygen atoms in total. The van der Waals surface area contributed by atoms with Gasteiger partial charge in [-0.2, -0.15) is 8.42 Å². The lowest BCUT2D eigenvalue weighted by molar-refractivity contribution is 0.0759. The van der Waals surface area contributed by atoms with E-state index in [9.17, 15) is 17.2 Å². The largest absolute Gasteiger partial charge is 0.394 e. The van der Waals surface area contributed by atoms with Crippen LogP contribution in [0.1, 0.15) is 38.2 Å². The summed E-state index contributed by atoms with van der Waals surface area (Å²) in [6.45, 7) is 5.74. The van der Waals surface area contributed by atoms with Gasteiger partial charge in [-0.1, -0.05) is 13.8 Å². The van der Waals surface area contributed by atoms with Crippen molar-refractivity contribution < 1.29 is 31.2 Å². The first kappa shape index (κ1) is 21.3. The van der Waals surface area contributed by atoms with Crippen molar-refractivity contribution in [2.75, 3.05) is 13.2 Å². The number of hydrogen-bond donors (Lipinski definition) is 1. The van der Waals surface area contributed by atoms with E-state index in [1.165, 1.54) is 0 Å². The minimum Gasteiger partial charge on any atom is -0.394 e. The second-order valence-electron chi connectivity index (χ2n) is 6.04. The third-order valence-corrected chi connectivity index (χ3v) is 4.85. The number of imidazole rings is 1. The topological polar surface area (TPSA) is 90.6 Å². The van der Waals surface area contributed by atoms with Gasteiger partial charge in [0.2, 0.25) is 5.03 Å². The van der Waals surface area contributed by atoms with Gasteiger partial charge in [-0.05, 0) is 12.8 Å². The third-order valence-electron chi connectivity index (χ3n) is 3.66. The van der Waals surface area contributed by atoms with Gasteiger partial charge in [-0.25, -0.2) is 13.8 Å². The molecule has 2 rings (SSSR count). The number of nitrogens with zero attached hydrogens (tertiary/aromatic N) is 2. The van der Waals surface area contributed by atoms with Gasteiger partial charge in [-0.15, -0.1) is 0 Å². The summed E-state index contributed by atoms with van der Waals surface area (Å²) >= 11 is 0. The number of aromatic nitrogens is 2. The Labute approximate surface area is 156 Å². The van der Waals surface area contributed by atoms with Crippen LogP contribution in [0.4, 0.5) is 8.78 Å². The Morgan fingerprint density at radius 3 is 2.37 bits per heavy atom. The van der Waals surface area contributed by atoms with Gasteiger partial charge in [0, 0.05) is 24.7 Å². The first-order valence-electron chi connectivity index (χ1n) is 8.38. The molecule has 0 saturated carbocycles. The smallest absolute Gasteiger partial charge is 0.358 e. The number of aliphatic hydroxyl groups excluding tert-OH is 1. The minimum atomic E-state index is -4.44. The van der Waals surface area contributed by atoms with Gasteiger partial charge in [0.1, 0.15) is 29.8 Å². The Hall–Kier alpha value is -2.04. The van der Waals surface area contributed by atoms with E-state index in [1.54, 1.807) is 18.4 Å². The molecule has 0 atom stereocenters. The van der Waals surface area contributed by atoms with Gasteiger partial charge in [0.05, 0.1) is 18.9 Å². The Balaban J connectivity index is 2.47. The van der Waals surface area contributed by atoms with Crippen LogP contribution < -0.4 is 4.18 Å². The molecule has 1 aromatic carbocycles. The van der Waals surface area contributed by atoms with E-state index in [-0.39, 0.29) is 30.8 Å². The van der Waals surface area contributed by atoms with Crippen molar-refractivity contribution in [2.24, 2.45) is 0 Å². The normalized spacial score (nSPS) is 12.0. The number of rotatable bonds is 9. The van der Waals surface area contributed by atoms with Crippen LogP contribution in [0.15, 0.2) is 23.2 Å². The monoisotopic (exact) mass is 404 g/mol. The van der Waals surface area contributed by atoms with E-state index in [0.29, 0.717) is 24.1 Å². The van der Waals surface area contributed by atoms with Gasteiger partial charge in [-0.3, -0.25) is 0 Å². The SMILES string of the molecule is CCn1c(COCCO)nc(S(=O)(=O)Oc2cc(F)cc(F)c2)c1C(C)C. The fourth-order valence-corrected chi connectivity index (χ4v) is 3.91. The van der Waals surface area contributed by atoms with Gasteiger partial charge >= 0.3 is 10.1 Å². The molecule has 0 unspecified atom stereocenters. The molecular formula is C17H22F2N2O5S. The van der Waals surface area contributed by atoms with Crippen LogP contribution in [0.5, 0.6) is 5.75 Å². The summed E-state index contributed by atoms with van der Waals surface area (Å²) in [5.41, 5.74) is 0.400. The minimum absolute atomic E-state index is 0.00175. The van der Waals surface area contributed by atoms with Crippen molar-refractivity contribution in [3.63, 3.8) is 0 Å². The Kier molecular flexibility index (Phi) is 6.90. The predicted octanol–water partition coefficient (Wildman–Crippen LogP) is 2.58. The molecule has 0 radical (unpaired) electrons. The van der Waals surface area contributed by atoms with E-state index in [2.05, 4.69) is 4.98 Å². The number of aliphatic hydroxyl groups is 1. The van der Waals surface area contributed by atoms with Gasteiger partial charge < -0.3 is 18.6 Å². The Morgan fingerprint density at radius 1 is 1.22 bits per heavy atom. The number of halogens is 2. The molecule has 0 amide bonds. The third kappa shape index (κ3) is 5.02. The van der Waals surface area contributed by atoms with Gasteiger partial charge in [0.25, 0.3) is 0 Å². The molecule has 1 heterocycles. The van der Waals surface area contributed by atoms with Crippen molar-refractivity contribution >= 4 is 10.1 Å². The molecular weight excluding hydrogens is 382 g/mol. The van der Waals surface area contributed by atoms with Crippen molar-refractivity contribution in [3.05, 3.63) is 41.4 Å². The van der Waals surface area contributed by atoms with Crippen molar-refractivity contribution in [1.82, 2.24) is 9.55 Å². The average Bonchev–Trinajstić information content (AvgIpc) is 2.93. The predicted molar refractivity (Wildman–Crippen MR) is 92.9 cm³/mol. The summed E-state index contributed by atoms with van der Waals surface area (Å²) in [7, 11) is -4.44.